The molecule has 0 unspecified atom stereocenters. The zero-order valence-electron chi connectivity index (χ0n) is 11.0. The molecule has 3 N–H and O–H groups in total. The molecular weight excluding hydrogens is 222 g/mol. The minimum atomic E-state index is -3.08. The van der Waals surface area contributed by atoms with Gasteiger partial charge in [-0.2, -0.15) is 0 Å². The number of piperidine rings is 1. The van der Waals surface area contributed by atoms with Crippen molar-refractivity contribution in [2.45, 2.75) is 64.3 Å². The Morgan fingerprint density at radius 2 is 1.62 bits per heavy atom. The Hall–Kier alpha value is 0.0569. The maximum absolute atomic E-state index is 9.36. The van der Waals surface area contributed by atoms with Crippen LogP contribution in [0.5, 0.6) is 0 Å². The largest absolute Gasteiger partial charge is 0.410 e. The van der Waals surface area contributed by atoms with Gasteiger partial charge < -0.3 is 19.6 Å². The monoisotopic (exact) mass is 247 g/mol. The van der Waals surface area contributed by atoms with Gasteiger partial charge in [-0.25, -0.2) is 0 Å². The van der Waals surface area contributed by atoms with Crippen LogP contribution in [-0.4, -0.2) is 41.6 Å². The summed E-state index contributed by atoms with van der Waals surface area (Å²) in [5.41, 5.74) is 0.0740. The topological polar surface area (TPSA) is 61.7 Å². The van der Waals surface area contributed by atoms with Gasteiger partial charge in [0.15, 0.2) is 0 Å². The molecule has 0 aliphatic carbocycles. The maximum Gasteiger partial charge on any atom is 0.356 e. The summed E-state index contributed by atoms with van der Waals surface area (Å²) in [6, 6.07) is 0. The average Bonchev–Trinajstić information content (AvgIpc) is 1.93. The van der Waals surface area contributed by atoms with Gasteiger partial charge in [0.05, 0.1) is 12.3 Å². The molecule has 1 saturated heterocycles. The van der Waals surface area contributed by atoms with Gasteiger partial charge in [-0.15, -0.1) is 0 Å². The Morgan fingerprint density at radius 1 is 1.19 bits per heavy atom. The zero-order chi connectivity index (χ0) is 12.6. The molecule has 5 heteroatoms. The van der Waals surface area contributed by atoms with Crippen LogP contribution in [0.3, 0.4) is 0 Å². The molecule has 0 aromatic rings. The second kappa shape index (κ2) is 4.38. The van der Waals surface area contributed by atoms with Gasteiger partial charge in [0, 0.05) is 11.1 Å². The minimum Gasteiger partial charge on any atom is -0.410 e. The van der Waals surface area contributed by atoms with Crippen LogP contribution >= 0.6 is 0 Å². The van der Waals surface area contributed by atoms with Crippen molar-refractivity contribution in [1.29, 1.82) is 0 Å². The molecule has 0 bridgehead atoms. The fourth-order valence-electron chi connectivity index (χ4n) is 2.62. The van der Waals surface area contributed by atoms with E-state index in [9.17, 15) is 9.59 Å². The minimum absolute atomic E-state index is 0.0370. The van der Waals surface area contributed by atoms with E-state index in [4.69, 9.17) is 4.74 Å². The third-order valence-corrected chi connectivity index (χ3v) is 3.46. The summed E-state index contributed by atoms with van der Waals surface area (Å²) < 4.78 is 5.64. The Morgan fingerprint density at radius 3 is 2.00 bits per heavy atom. The molecule has 1 aliphatic rings. The van der Waals surface area contributed by atoms with Crippen molar-refractivity contribution >= 4 is 8.56 Å². The Bertz CT molecular complexity index is 232. The lowest BCUT2D eigenvalue weighted by atomic mass is 9.81. The van der Waals surface area contributed by atoms with Gasteiger partial charge in [0.1, 0.15) is 0 Å². The van der Waals surface area contributed by atoms with Gasteiger partial charge in [-0.05, 0) is 47.1 Å². The van der Waals surface area contributed by atoms with Crippen molar-refractivity contribution in [2.75, 3.05) is 6.23 Å². The van der Waals surface area contributed by atoms with E-state index in [1.165, 1.54) is 6.55 Å². The smallest absolute Gasteiger partial charge is 0.356 e. The third-order valence-electron chi connectivity index (χ3n) is 2.75. The SMILES string of the molecule is CC1(C)CC(OC[Si](C)(O)O)CC(C)(C)N1. The van der Waals surface area contributed by atoms with E-state index in [-0.39, 0.29) is 23.4 Å². The zero-order valence-corrected chi connectivity index (χ0v) is 12.0. The van der Waals surface area contributed by atoms with Crippen molar-refractivity contribution in [1.82, 2.24) is 5.32 Å². The van der Waals surface area contributed by atoms with Crippen molar-refractivity contribution in [2.24, 2.45) is 0 Å². The summed E-state index contributed by atoms with van der Waals surface area (Å²) in [4.78, 5) is 18.7. The number of ether oxygens (including phenoxy) is 1. The lowest BCUT2D eigenvalue weighted by molar-refractivity contribution is -0.0122. The number of hydrogen-bond donors (Lipinski definition) is 3. The van der Waals surface area contributed by atoms with Crippen LogP contribution in [0.1, 0.15) is 40.5 Å². The fourth-order valence-corrected chi connectivity index (χ4v) is 3.17. The first-order chi connectivity index (χ1) is 6.99. The summed E-state index contributed by atoms with van der Waals surface area (Å²) in [6.45, 7) is 10.1. The van der Waals surface area contributed by atoms with E-state index in [0.717, 1.165) is 12.8 Å². The molecule has 96 valence electrons. The van der Waals surface area contributed by atoms with Crippen LogP contribution in [0.25, 0.3) is 0 Å². The highest BCUT2D eigenvalue weighted by Crippen LogP contribution is 2.30. The molecule has 0 aromatic carbocycles. The second-order valence-corrected chi connectivity index (χ2v) is 9.17. The molecular formula is C11H25NO3Si. The van der Waals surface area contributed by atoms with Crippen molar-refractivity contribution in [3.63, 3.8) is 0 Å². The highest BCUT2D eigenvalue weighted by Gasteiger charge is 2.39. The predicted molar refractivity (Wildman–Crippen MR) is 66.3 cm³/mol. The quantitative estimate of drug-likeness (QED) is 0.649. The average molecular weight is 247 g/mol. The van der Waals surface area contributed by atoms with Crippen LogP contribution in [0.4, 0.5) is 0 Å². The Labute approximate surface area is 99.3 Å². The first kappa shape index (κ1) is 14.1. The molecule has 0 saturated carbocycles. The van der Waals surface area contributed by atoms with Gasteiger partial charge in [-0.3, -0.25) is 0 Å². The second-order valence-electron chi connectivity index (χ2n) is 6.45. The van der Waals surface area contributed by atoms with E-state index in [1.807, 2.05) is 0 Å². The standard InChI is InChI=1S/C11H25NO3Si/c1-10(2)6-9(7-11(3,4)12-10)15-8-16(5,13)14/h9,12-14H,6-8H2,1-5H3. The maximum atomic E-state index is 9.36. The lowest BCUT2D eigenvalue weighted by Gasteiger charge is -2.46. The Balaban J connectivity index is 2.55. The first-order valence-corrected chi connectivity index (χ1v) is 8.45. The van der Waals surface area contributed by atoms with Gasteiger partial charge in [0.2, 0.25) is 0 Å². The van der Waals surface area contributed by atoms with Crippen molar-refractivity contribution < 1.29 is 14.3 Å². The first-order valence-electron chi connectivity index (χ1n) is 5.85. The van der Waals surface area contributed by atoms with Gasteiger partial charge >= 0.3 is 8.56 Å². The molecule has 1 rings (SSSR count). The number of rotatable bonds is 3. The fraction of sp³-hybridized carbons (Fsp3) is 1.00. The van der Waals surface area contributed by atoms with Crippen molar-refractivity contribution in [3.8, 4) is 0 Å². The van der Waals surface area contributed by atoms with Crippen molar-refractivity contribution in [3.05, 3.63) is 0 Å². The third kappa shape index (κ3) is 4.93. The molecule has 0 aromatic heterocycles. The summed E-state index contributed by atoms with van der Waals surface area (Å²) in [6.07, 6.45) is 2.02. The van der Waals surface area contributed by atoms with Crippen LogP contribution in [0, 0.1) is 0 Å². The molecule has 1 fully saturated rings. The molecule has 1 aliphatic heterocycles. The van der Waals surface area contributed by atoms with Gasteiger partial charge in [0.25, 0.3) is 0 Å². The van der Waals surface area contributed by atoms with Crippen LogP contribution in [0.15, 0.2) is 0 Å². The molecule has 4 nitrogen and oxygen atoms in total. The van der Waals surface area contributed by atoms with E-state index >= 15 is 0 Å². The number of hydrogen-bond acceptors (Lipinski definition) is 4. The predicted octanol–water partition coefficient (Wildman–Crippen LogP) is 0.908. The molecule has 0 amide bonds. The summed E-state index contributed by atoms with van der Waals surface area (Å²) in [5, 5.41) is 3.57. The Kier molecular flexibility index (Phi) is 3.87. The molecule has 16 heavy (non-hydrogen) atoms. The normalized spacial score (nSPS) is 25.7. The van der Waals surface area contributed by atoms with E-state index in [1.54, 1.807) is 0 Å². The van der Waals surface area contributed by atoms with E-state index in [2.05, 4.69) is 33.0 Å². The van der Waals surface area contributed by atoms with Gasteiger partial charge in [-0.1, -0.05) is 0 Å². The summed E-state index contributed by atoms with van der Waals surface area (Å²) in [7, 11) is -3.08. The summed E-state index contributed by atoms with van der Waals surface area (Å²) >= 11 is 0. The molecule has 0 atom stereocenters. The van der Waals surface area contributed by atoms with E-state index in [0.29, 0.717) is 0 Å². The molecule has 1 heterocycles. The highest BCUT2D eigenvalue weighted by atomic mass is 28.4. The van der Waals surface area contributed by atoms with Crippen LogP contribution in [-0.2, 0) is 4.74 Å². The summed E-state index contributed by atoms with van der Waals surface area (Å²) in [5.74, 6) is 0. The lowest BCUT2D eigenvalue weighted by Crippen LogP contribution is -2.60. The van der Waals surface area contributed by atoms with Crippen LogP contribution in [0.2, 0.25) is 6.55 Å². The highest BCUT2D eigenvalue weighted by molar-refractivity contribution is 6.63. The van der Waals surface area contributed by atoms with Crippen LogP contribution < -0.4 is 5.32 Å². The molecule has 0 radical (unpaired) electrons. The number of nitrogens with one attached hydrogen (secondary N) is 1. The molecule has 0 spiro atoms. The van der Waals surface area contributed by atoms with E-state index < -0.39 is 8.56 Å².